The molecule has 11 heteroatoms. The smallest absolute Gasteiger partial charge is 0.475 e. The van der Waals surface area contributed by atoms with Crippen molar-refractivity contribution in [2.45, 2.75) is 6.18 Å². The molecule has 2 saturated heterocycles. The first kappa shape index (κ1) is 19.1. The van der Waals surface area contributed by atoms with Crippen LogP contribution in [0.15, 0.2) is 35.3 Å². The number of aromatic nitrogens is 2. The number of anilines is 2. The minimum absolute atomic E-state index is 0.0821. The molecule has 2 fully saturated rings. The lowest BCUT2D eigenvalue weighted by atomic mass is 10.0. The fraction of sp³-hybridized carbons (Fsp3) is 0.375. The molecule has 4 rings (SSSR count). The van der Waals surface area contributed by atoms with Crippen LogP contribution < -0.4 is 9.80 Å². The highest BCUT2D eigenvalue weighted by Gasteiger charge is 2.47. The maximum atomic E-state index is 12.5. The molecule has 0 aromatic carbocycles. The lowest BCUT2D eigenvalue weighted by molar-refractivity contribution is -0.192. The van der Waals surface area contributed by atoms with Crippen LogP contribution in [-0.2, 0) is 9.59 Å². The number of halogens is 3. The Labute approximate surface area is 156 Å². The lowest BCUT2D eigenvalue weighted by Crippen LogP contribution is -2.33. The molecule has 0 aliphatic carbocycles. The molecule has 7 nitrogen and oxygen atoms in total. The molecular weight excluding hydrogens is 385 g/mol. The zero-order valence-electron chi connectivity index (χ0n) is 13.8. The number of amides is 1. The zero-order chi connectivity index (χ0) is 19.6. The minimum atomic E-state index is -5.08. The number of rotatable bonds is 2. The minimum Gasteiger partial charge on any atom is -0.475 e. The predicted octanol–water partition coefficient (Wildman–Crippen LogP) is 2.27. The highest BCUT2D eigenvalue weighted by atomic mass is 32.1. The summed E-state index contributed by atoms with van der Waals surface area (Å²) in [6.07, 6.45) is -1.59. The van der Waals surface area contributed by atoms with Gasteiger partial charge in [-0.1, -0.05) is 0 Å². The third-order valence-electron chi connectivity index (χ3n) is 4.34. The van der Waals surface area contributed by atoms with E-state index in [1.807, 2.05) is 27.8 Å². The van der Waals surface area contributed by atoms with Gasteiger partial charge < -0.3 is 14.9 Å². The zero-order valence-corrected chi connectivity index (χ0v) is 14.7. The van der Waals surface area contributed by atoms with Crippen LogP contribution in [0.4, 0.5) is 24.8 Å². The summed E-state index contributed by atoms with van der Waals surface area (Å²) in [6, 6.07) is 3.82. The fourth-order valence-corrected chi connectivity index (χ4v) is 3.76. The van der Waals surface area contributed by atoms with Crippen molar-refractivity contribution in [2.75, 3.05) is 29.4 Å². The Hall–Kier alpha value is -2.69. The van der Waals surface area contributed by atoms with E-state index in [-0.39, 0.29) is 11.8 Å². The lowest BCUT2D eigenvalue weighted by Gasteiger charge is -2.20. The monoisotopic (exact) mass is 400 g/mol. The summed E-state index contributed by atoms with van der Waals surface area (Å²) in [4.78, 5) is 34.0. The third kappa shape index (κ3) is 4.18. The largest absolute Gasteiger partial charge is 0.490 e. The van der Waals surface area contributed by atoms with E-state index in [4.69, 9.17) is 9.90 Å². The van der Waals surface area contributed by atoms with Crippen LogP contribution in [0.1, 0.15) is 0 Å². The van der Waals surface area contributed by atoms with Crippen LogP contribution in [-0.4, -0.2) is 52.8 Å². The molecule has 144 valence electrons. The topological polar surface area (TPSA) is 86.6 Å². The van der Waals surface area contributed by atoms with Crippen LogP contribution in [0.3, 0.4) is 0 Å². The van der Waals surface area contributed by atoms with Gasteiger partial charge >= 0.3 is 12.1 Å². The second kappa shape index (κ2) is 7.51. The quantitative estimate of drug-likeness (QED) is 0.832. The summed E-state index contributed by atoms with van der Waals surface area (Å²) in [5, 5.41) is 11.2. The Morgan fingerprint density at radius 1 is 1.22 bits per heavy atom. The molecule has 2 aliphatic rings. The van der Waals surface area contributed by atoms with Gasteiger partial charge in [0.05, 0.1) is 11.6 Å². The SMILES string of the molecule is O=C(O)C(F)(F)F.O=C1[C@H]2CN(c3ncccn3)C[C@H]2CN1c1ccsc1. The normalized spacial score (nSPS) is 21.7. The van der Waals surface area contributed by atoms with Gasteiger partial charge in [-0.05, 0) is 17.5 Å². The van der Waals surface area contributed by atoms with Gasteiger partial charge in [0, 0.05) is 43.3 Å². The van der Waals surface area contributed by atoms with Gasteiger partial charge in [-0.15, -0.1) is 0 Å². The summed E-state index contributed by atoms with van der Waals surface area (Å²) < 4.78 is 31.7. The predicted molar refractivity (Wildman–Crippen MR) is 91.6 cm³/mol. The number of hydrogen-bond donors (Lipinski definition) is 1. The second-order valence-electron chi connectivity index (χ2n) is 6.05. The highest BCUT2D eigenvalue weighted by molar-refractivity contribution is 7.08. The van der Waals surface area contributed by atoms with Gasteiger partial charge in [-0.3, -0.25) is 4.79 Å². The average Bonchev–Trinajstić information content (AvgIpc) is 3.33. The van der Waals surface area contributed by atoms with E-state index in [0.717, 1.165) is 31.3 Å². The van der Waals surface area contributed by atoms with Gasteiger partial charge in [-0.25, -0.2) is 14.8 Å². The first-order valence-corrected chi connectivity index (χ1v) is 8.87. The number of fused-ring (bicyclic) bond motifs is 1. The average molecular weight is 400 g/mol. The molecule has 2 atom stereocenters. The Kier molecular flexibility index (Phi) is 5.31. The van der Waals surface area contributed by atoms with Crippen LogP contribution in [0.25, 0.3) is 0 Å². The van der Waals surface area contributed by atoms with Crippen molar-refractivity contribution < 1.29 is 27.9 Å². The number of alkyl halides is 3. The number of aliphatic carboxylic acids is 1. The highest BCUT2D eigenvalue weighted by Crippen LogP contribution is 2.36. The van der Waals surface area contributed by atoms with E-state index in [9.17, 15) is 18.0 Å². The van der Waals surface area contributed by atoms with Gasteiger partial charge in [0.1, 0.15) is 0 Å². The number of hydrogen-bond acceptors (Lipinski definition) is 6. The molecule has 2 aromatic heterocycles. The molecule has 0 saturated carbocycles. The van der Waals surface area contributed by atoms with Crippen molar-refractivity contribution in [1.82, 2.24) is 9.97 Å². The van der Waals surface area contributed by atoms with Crippen molar-refractivity contribution in [3.8, 4) is 0 Å². The Balaban J connectivity index is 0.000000260. The molecular formula is C16H15F3N4O3S. The number of carboxylic acids is 1. The molecule has 27 heavy (non-hydrogen) atoms. The van der Waals surface area contributed by atoms with Gasteiger partial charge in [0.25, 0.3) is 0 Å². The van der Waals surface area contributed by atoms with Crippen LogP contribution in [0.5, 0.6) is 0 Å². The molecule has 0 bridgehead atoms. The first-order chi connectivity index (χ1) is 12.8. The molecule has 1 amide bonds. The number of thiophene rings is 1. The number of carboxylic acid groups (broad SMARTS) is 1. The molecule has 0 radical (unpaired) electrons. The standard InChI is InChI=1S/C14H14N4OS.C2HF3O2/c19-13-12-8-17(14-15-3-1-4-16-14)6-10(12)7-18(13)11-2-5-20-9-11;3-2(4,5)1(6)7/h1-5,9-10,12H,6-8H2;(H,6,7)/t10-,12-;/m0./s1. The molecule has 1 N–H and O–H groups in total. The van der Waals surface area contributed by atoms with Crippen molar-refractivity contribution in [1.29, 1.82) is 0 Å². The number of carbonyl (C=O) groups is 2. The van der Waals surface area contributed by atoms with Gasteiger partial charge in [0.2, 0.25) is 11.9 Å². The second-order valence-corrected chi connectivity index (χ2v) is 6.83. The van der Waals surface area contributed by atoms with Crippen LogP contribution in [0, 0.1) is 11.8 Å². The van der Waals surface area contributed by atoms with Gasteiger partial charge in [-0.2, -0.15) is 24.5 Å². The van der Waals surface area contributed by atoms with E-state index in [1.165, 1.54) is 0 Å². The van der Waals surface area contributed by atoms with Gasteiger partial charge in [0.15, 0.2) is 0 Å². The molecule has 2 aromatic rings. The summed E-state index contributed by atoms with van der Waals surface area (Å²) in [6.45, 7) is 2.40. The summed E-state index contributed by atoms with van der Waals surface area (Å²) in [5.74, 6) is -1.32. The van der Waals surface area contributed by atoms with Crippen molar-refractivity contribution >= 4 is 34.8 Å². The first-order valence-electron chi connectivity index (χ1n) is 7.93. The van der Waals surface area contributed by atoms with Crippen molar-refractivity contribution in [3.05, 3.63) is 35.3 Å². The fourth-order valence-electron chi connectivity index (χ4n) is 3.12. The Bertz CT molecular complexity index is 801. The van der Waals surface area contributed by atoms with E-state index in [1.54, 1.807) is 23.7 Å². The van der Waals surface area contributed by atoms with E-state index >= 15 is 0 Å². The Morgan fingerprint density at radius 2 is 1.89 bits per heavy atom. The molecule has 0 unspecified atom stereocenters. The summed E-state index contributed by atoms with van der Waals surface area (Å²) in [5.41, 5.74) is 1.04. The van der Waals surface area contributed by atoms with E-state index < -0.39 is 12.1 Å². The van der Waals surface area contributed by atoms with Crippen LogP contribution in [0.2, 0.25) is 0 Å². The maximum Gasteiger partial charge on any atom is 0.490 e. The Morgan fingerprint density at radius 3 is 2.41 bits per heavy atom. The van der Waals surface area contributed by atoms with Crippen molar-refractivity contribution in [3.63, 3.8) is 0 Å². The molecule has 0 spiro atoms. The summed E-state index contributed by atoms with van der Waals surface area (Å²) >= 11 is 1.63. The summed E-state index contributed by atoms with van der Waals surface area (Å²) in [7, 11) is 0. The third-order valence-corrected chi connectivity index (χ3v) is 5.01. The number of carbonyl (C=O) groups excluding carboxylic acids is 1. The maximum absolute atomic E-state index is 12.5. The van der Waals surface area contributed by atoms with E-state index in [2.05, 4.69) is 14.9 Å². The van der Waals surface area contributed by atoms with E-state index in [0.29, 0.717) is 5.92 Å². The van der Waals surface area contributed by atoms with Crippen molar-refractivity contribution in [2.24, 2.45) is 11.8 Å². The molecule has 2 aliphatic heterocycles. The number of nitrogens with zero attached hydrogens (tertiary/aromatic N) is 4. The molecule has 4 heterocycles. The van der Waals surface area contributed by atoms with Crippen LogP contribution >= 0.6 is 11.3 Å².